The lowest BCUT2D eigenvalue weighted by Crippen LogP contribution is -1.97. The third-order valence-corrected chi connectivity index (χ3v) is 3.73. The molecule has 5 heteroatoms. The zero-order valence-electron chi connectivity index (χ0n) is 11.1. The van der Waals surface area contributed by atoms with Crippen molar-refractivity contribution in [2.24, 2.45) is 0 Å². The maximum atomic E-state index is 6.23. The predicted molar refractivity (Wildman–Crippen MR) is 83.4 cm³/mol. The number of hydrogen-bond acceptors (Lipinski definition) is 2. The molecular formula is C15H13Cl2N3. The Labute approximate surface area is 127 Å². The Hall–Kier alpha value is -1.58. The van der Waals surface area contributed by atoms with Crippen LogP contribution in [0.2, 0.25) is 10.3 Å². The normalized spacial score (nSPS) is 11.4. The van der Waals surface area contributed by atoms with Gasteiger partial charge in [-0.05, 0) is 31.5 Å². The van der Waals surface area contributed by atoms with Crippen molar-refractivity contribution in [3.8, 4) is 11.3 Å². The molecule has 0 fully saturated rings. The lowest BCUT2D eigenvalue weighted by Gasteiger charge is -2.08. The number of halogens is 2. The summed E-state index contributed by atoms with van der Waals surface area (Å²) in [6, 6.07) is 8.54. The minimum Gasteiger partial charge on any atom is -0.344 e. The van der Waals surface area contributed by atoms with Gasteiger partial charge in [-0.25, -0.2) is 9.97 Å². The van der Waals surface area contributed by atoms with E-state index < -0.39 is 0 Å². The van der Waals surface area contributed by atoms with Gasteiger partial charge in [-0.3, -0.25) is 0 Å². The number of para-hydroxylation sites is 1. The molecule has 0 unspecified atom stereocenters. The monoisotopic (exact) mass is 305 g/mol. The van der Waals surface area contributed by atoms with Crippen LogP contribution < -0.4 is 0 Å². The quantitative estimate of drug-likeness (QED) is 0.625. The lowest BCUT2D eigenvalue weighted by molar-refractivity contribution is 0.623. The van der Waals surface area contributed by atoms with Crippen LogP contribution in [0.4, 0.5) is 0 Å². The van der Waals surface area contributed by atoms with Gasteiger partial charge in [-0.2, -0.15) is 0 Å². The molecule has 0 amide bonds. The Morgan fingerprint density at radius 2 is 1.90 bits per heavy atom. The molecule has 1 aromatic carbocycles. The first-order valence-electron chi connectivity index (χ1n) is 6.36. The summed E-state index contributed by atoms with van der Waals surface area (Å²) < 4.78 is 2.21. The molecule has 2 heterocycles. The average molecular weight is 306 g/mol. The van der Waals surface area contributed by atoms with Crippen LogP contribution in [0.15, 0.2) is 36.7 Å². The van der Waals surface area contributed by atoms with E-state index in [0.717, 1.165) is 16.5 Å². The molecule has 0 aliphatic rings. The van der Waals surface area contributed by atoms with Gasteiger partial charge in [0.15, 0.2) is 0 Å². The van der Waals surface area contributed by atoms with Crippen LogP contribution in [0.3, 0.4) is 0 Å². The molecule has 3 nitrogen and oxygen atoms in total. The molecule has 0 radical (unpaired) electrons. The standard InChI is InChI=1S/C15H13Cl2N3/c1-9(2)20-8-11(10-5-3-4-6-13(10)20)14-12(16)7-18-15(17)19-14/h3-9H,1-2H3. The van der Waals surface area contributed by atoms with Crippen molar-refractivity contribution >= 4 is 34.1 Å². The molecule has 3 rings (SSSR count). The van der Waals surface area contributed by atoms with E-state index in [2.05, 4.69) is 46.7 Å². The van der Waals surface area contributed by atoms with E-state index in [9.17, 15) is 0 Å². The zero-order chi connectivity index (χ0) is 14.3. The van der Waals surface area contributed by atoms with Crippen molar-refractivity contribution in [3.63, 3.8) is 0 Å². The first-order valence-corrected chi connectivity index (χ1v) is 7.11. The number of benzene rings is 1. The first kappa shape index (κ1) is 13.4. The molecular weight excluding hydrogens is 293 g/mol. The summed E-state index contributed by atoms with van der Waals surface area (Å²) in [4.78, 5) is 8.18. The van der Waals surface area contributed by atoms with Gasteiger partial charge in [0.1, 0.15) is 0 Å². The highest BCUT2D eigenvalue weighted by atomic mass is 35.5. The van der Waals surface area contributed by atoms with E-state index >= 15 is 0 Å². The SMILES string of the molecule is CC(C)n1cc(-c2nc(Cl)ncc2Cl)c2ccccc21. The van der Waals surface area contributed by atoms with E-state index in [1.165, 1.54) is 6.20 Å². The Balaban J connectivity index is 2.34. The number of hydrogen-bond donors (Lipinski definition) is 0. The van der Waals surface area contributed by atoms with Crippen LogP contribution in [-0.2, 0) is 0 Å². The topological polar surface area (TPSA) is 30.7 Å². The molecule has 0 N–H and O–H groups in total. The molecule has 0 aliphatic heterocycles. The fraction of sp³-hybridized carbons (Fsp3) is 0.200. The number of fused-ring (bicyclic) bond motifs is 1. The summed E-state index contributed by atoms with van der Waals surface area (Å²) in [7, 11) is 0. The predicted octanol–water partition coefficient (Wildman–Crippen LogP) is 4.99. The third kappa shape index (κ3) is 2.17. The van der Waals surface area contributed by atoms with Crippen LogP contribution in [-0.4, -0.2) is 14.5 Å². The van der Waals surface area contributed by atoms with Crippen LogP contribution in [0.5, 0.6) is 0 Å². The van der Waals surface area contributed by atoms with Crippen molar-refractivity contribution < 1.29 is 0 Å². The minimum atomic E-state index is 0.200. The second kappa shape index (κ2) is 5.08. The van der Waals surface area contributed by atoms with Gasteiger partial charge in [0.05, 0.1) is 16.9 Å². The highest BCUT2D eigenvalue weighted by molar-refractivity contribution is 6.34. The van der Waals surface area contributed by atoms with E-state index in [0.29, 0.717) is 16.8 Å². The first-order chi connectivity index (χ1) is 9.58. The third-order valence-electron chi connectivity index (χ3n) is 3.27. The highest BCUT2D eigenvalue weighted by Crippen LogP contribution is 2.35. The van der Waals surface area contributed by atoms with E-state index in [1.807, 2.05) is 12.1 Å². The molecule has 0 spiro atoms. The van der Waals surface area contributed by atoms with Crippen molar-refractivity contribution in [1.29, 1.82) is 0 Å². The summed E-state index contributed by atoms with van der Waals surface area (Å²) in [5.41, 5.74) is 2.80. The fourth-order valence-corrected chi connectivity index (χ4v) is 2.68. The molecule has 102 valence electrons. The zero-order valence-corrected chi connectivity index (χ0v) is 12.7. The molecule has 0 saturated heterocycles. The molecule has 0 aliphatic carbocycles. The lowest BCUT2D eigenvalue weighted by atomic mass is 10.1. The molecule has 3 aromatic rings. The average Bonchev–Trinajstić information content (AvgIpc) is 2.81. The Morgan fingerprint density at radius 3 is 2.65 bits per heavy atom. The van der Waals surface area contributed by atoms with E-state index in [-0.39, 0.29) is 5.28 Å². The summed E-state index contributed by atoms with van der Waals surface area (Å²) in [6.45, 7) is 4.29. The van der Waals surface area contributed by atoms with E-state index in [1.54, 1.807) is 0 Å². The van der Waals surface area contributed by atoms with Gasteiger partial charge < -0.3 is 4.57 Å². The van der Waals surface area contributed by atoms with Crippen LogP contribution in [0.1, 0.15) is 19.9 Å². The second-order valence-corrected chi connectivity index (χ2v) is 5.64. The fourth-order valence-electron chi connectivity index (χ4n) is 2.36. The second-order valence-electron chi connectivity index (χ2n) is 4.90. The van der Waals surface area contributed by atoms with Gasteiger partial charge >= 0.3 is 0 Å². The maximum Gasteiger partial charge on any atom is 0.222 e. The van der Waals surface area contributed by atoms with Crippen LogP contribution in [0.25, 0.3) is 22.2 Å². The van der Waals surface area contributed by atoms with Gasteiger partial charge in [0.25, 0.3) is 0 Å². The van der Waals surface area contributed by atoms with Crippen molar-refractivity contribution in [2.45, 2.75) is 19.9 Å². The summed E-state index contributed by atoms with van der Waals surface area (Å²) in [6.07, 6.45) is 3.60. The highest BCUT2D eigenvalue weighted by Gasteiger charge is 2.15. The summed E-state index contributed by atoms with van der Waals surface area (Å²) in [5.74, 6) is 0. The van der Waals surface area contributed by atoms with Crippen LogP contribution in [0, 0.1) is 0 Å². The largest absolute Gasteiger partial charge is 0.344 e. The van der Waals surface area contributed by atoms with Crippen molar-refractivity contribution in [2.75, 3.05) is 0 Å². The maximum absolute atomic E-state index is 6.23. The molecule has 0 bridgehead atoms. The Kier molecular flexibility index (Phi) is 3.40. The number of nitrogens with zero attached hydrogens (tertiary/aromatic N) is 3. The van der Waals surface area contributed by atoms with Crippen molar-refractivity contribution in [3.05, 3.63) is 47.0 Å². The summed E-state index contributed by atoms with van der Waals surface area (Å²) in [5, 5.41) is 1.81. The van der Waals surface area contributed by atoms with Crippen LogP contribution >= 0.6 is 23.2 Å². The Bertz CT molecular complexity index is 778. The summed E-state index contributed by atoms with van der Waals surface area (Å²) >= 11 is 12.1. The number of aromatic nitrogens is 3. The minimum absolute atomic E-state index is 0.200. The Morgan fingerprint density at radius 1 is 1.15 bits per heavy atom. The van der Waals surface area contributed by atoms with Gasteiger partial charge in [0.2, 0.25) is 5.28 Å². The molecule has 20 heavy (non-hydrogen) atoms. The molecule has 0 saturated carbocycles. The molecule has 0 atom stereocenters. The van der Waals surface area contributed by atoms with Gasteiger partial charge in [-0.15, -0.1) is 0 Å². The molecule has 2 aromatic heterocycles. The smallest absolute Gasteiger partial charge is 0.222 e. The van der Waals surface area contributed by atoms with E-state index in [4.69, 9.17) is 23.2 Å². The van der Waals surface area contributed by atoms with Gasteiger partial charge in [0, 0.05) is 28.7 Å². The number of rotatable bonds is 2. The van der Waals surface area contributed by atoms with Gasteiger partial charge in [-0.1, -0.05) is 29.8 Å². The van der Waals surface area contributed by atoms with Crippen molar-refractivity contribution in [1.82, 2.24) is 14.5 Å².